The van der Waals surface area contributed by atoms with Gasteiger partial charge in [-0.05, 0) is 19.9 Å². The molecule has 2 bridgehead atoms. The van der Waals surface area contributed by atoms with Crippen molar-refractivity contribution in [3.63, 3.8) is 0 Å². The Morgan fingerprint density at radius 3 is 1.82 bits per heavy atom. The van der Waals surface area contributed by atoms with Gasteiger partial charge in [0.1, 0.15) is 36.1 Å². The van der Waals surface area contributed by atoms with Crippen molar-refractivity contribution in [2.24, 2.45) is 17.3 Å². The molecule has 3 fully saturated rings. The lowest BCUT2D eigenvalue weighted by Crippen LogP contribution is -2.83. The summed E-state index contributed by atoms with van der Waals surface area (Å²) in [4.78, 5) is 76.5. The highest BCUT2D eigenvalue weighted by Crippen LogP contribution is 2.68. The van der Waals surface area contributed by atoms with Crippen molar-refractivity contribution in [2.45, 2.75) is 103 Å². The first-order valence-electron chi connectivity index (χ1n) is 14.3. The predicted octanol–water partition coefficient (Wildman–Crippen LogP) is 1.27. The first-order chi connectivity index (χ1) is 20.9. The summed E-state index contributed by atoms with van der Waals surface area (Å²) in [5.41, 5.74) is -5.62. The standard InChI is InChI=1S/C30H38O15/c1-13-21(40-15(3)32)23(42-17(5)34)26(44-27(37)19-9-10-38-11-19)29(12-39-14(2)31)25(43-18(6)35)22(41-16(4)33)20-24(36)30(13,29)45-28(20,7)8/h9-11,13,20-26,36H,12H2,1-8H3/t13-,20-,21-,22+,23+,24-,25-,26+,29-,30-/m1/s1. The fourth-order valence-corrected chi connectivity index (χ4v) is 7.62. The molecule has 1 aliphatic heterocycles. The van der Waals surface area contributed by atoms with Gasteiger partial charge in [-0.25, -0.2) is 4.79 Å². The fraction of sp³-hybridized carbons (Fsp3) is 0.667. The van der Waals surface area contributed by atoms with E-state index in [4.69, 9.17) is 37.6 Å². The van der Waals surface area contributed by atoms with E-state index >= 15 is 0 Å². The summed E-state index contributed by atoms with van der Waals surface area (Å²) in [5.74, 6) is -7.42. The second-order valence-electron chi connectivity index (χ2n) is 12.2. The zero-order valence-corrected chi connectivity index (χ0v) is 26.2. The van der Waals surface area contributed by atoms with Crippen LogP contribution in [0.4, 0.5) is 0 Å². The Hall–Kier alpha value is -3.98. The fourth-order valence-electron chi connectivity index (χ4n) is 7.62. The van der Waals surface area contributed by atoms with Crippen LogP contribution in [0.2, 0.25) is 0 Å². The van der Waals surface area contributed by atoms with Crippen LogP contribution in [0.15, 0.2) is 23.0 Å². The van der Waals surface area contributed by atoms with Crippen LogP contribution in [0.25, 0.3) is 0 Å². The van der Waals surface area contributed by atoms with Gasteiger partial charge in [-0.2, -0.15) is 0 Å². The van der Waals surface area contributed by atoms with Crippen LogP contribution in [-0.2, 0) is 57.1 Å². The van der Waals surface area contributed by atoms with E-state index in [9.17, 15) is 33.9 Å². The number of hydrogen-bond acceptors (Lipinski definition) is 15. The molecule has 1 aromatic heterocycles. The second kappa shape index (κ2) is 12.1. The predicted molar refractivity (Wildman–Crippen MR) is 146 cm³/mol. The first-order valence-corrected chi connectivity index (χ1v) is 14.3. The molecule has 15 heteroatoms. The SMILES string of the molecule is CC(=O)OC[C@]12[C@H](OC(C)=O)[C@@H](OC(C)=O)[C@@H]3[C@@H](O)[C@]1(OC3(C)C)[C@H](C)[C@@H](OC(C)=O)[C@H](OC(C)=O)[C@@H]2OC(=O)c1ccoc1. The van der Waals surface area contributed by atoms with E-state index in [2.05, 4.69) is 0 Å². The molecule has 4 rings (SSSR count). The quantitative estimate of drug-likeness (QED) is 0.315. The van der Waals surface area contributed by atoms with Gasteiger partial charge in [0.25, 0.3) is 0 Å². The van der Waals surface area contributed by atoms with Gasteiger partial charge < -0.3 is 42.7 Å². The minimum atomic E-state index is -2.16. The molecular weight excluding hydrogens is 600 g/mol. The third-order valence-electron chi connectivity index (χ3n) is 8.91. The largest absolute Gasteiger partial charge is 0.472 e. The van der Waals surface area contributed by atoms with Crippen molar-refractivity contribution in [3.8, 4) is 0 Å². The van der Waals surface area contributed by atoms with E-state index in [0.29, 0.717) is 0 Å². The highest BCUT2D eigenvalue weighted by atomic mass is 16.6. The number of fused-ring (bicyclic) bond motifs is 1. The highest BCUT2D eigenvalue weighted by molar-refractivity contribution is 5.89. The summed E-state index contributed by atoms with van der Waals surface area (Å²) in [6.07, 6.45) is -7.34. The second-order valence-corrected chi connectivity index (χ2v) is 12.2. The molecule has 10 atom stereocenters. The third-order valence-corrected chi connectivity index (χ3v) is 8.91. The van der Waals surface area contributed by atoms with Crippen molar-refractivity contribution in [3.05, 3.63) is 24.2 Å². The maximum atomic E-state index is 13.6. The summed E-state index contributed by atoms with van der Waals surface area (Å²) in [7, 11) is 0. The molecule has 0 amide bonds. The topological polar surface area (TPSA) is 200 Å². The molecular formula is C30H38O15. The minimum absolute atomic E-state index is 0.0848. The van der Waals surface area contributed by atoms with E-state index in [1.54, 1.807) is 20.8 Å². The smallest absolute Gasteiger partial charge is 0.341 e. The van der Waals surface area contributed by atoms with Crippen molar-refractivity contribution in [2.75, 3.05) is 6.61 Å². The van der Waals surface area contributed by atoms with E-state index in [-0.39, 0.29) is 5.56 Å². The van der Waals surface area contributed by atoms with Crippen LogP contribution in [0, 0.1) is 17.3 Å². The Kier molecular flexibility index (Phi) is 9.10. The Bertz CT molecular complexity index is 1350. The number of esters is 6. The van der Waals surface area contributed by atoms with Crippen molar-refractivity contribution in [1.29, 1.82) is 0 Å². The van der Waals surface area contributed by atoms with Gasteiger partial charge in [-0.1, -0.05) is 6.92 Å². The molecule has 2 heterocycles. The number of aliphatic hydroxyl groups excluding tert-OH is 1. The molecule has 1 aromatic rings. The number of ether oxygens (including phenoxy) is 7. The molecule has 0 aromatic carbocycles. The lowest BCUT2D eigenvalue weighted by molar-refractivity contribution is -0.346. The van der Waals surface area contributed by atoms with Crippen molar-refractivity contribution < 1.29 is 71.4 Å². The normalized spacial score (nSPS) is 36.1. The summed E-state index contributed by atoms with van der Waals surface area (Å²) in [6.45, 7) is 9.46. The number of furan rings is 1. The summed E-state index contributed by atoms with van der Waals surface area (Å²) >= 11 is 0. The number of aliphatic hydroxyl groups is 1. The van der Waals surface area contributed by atoms with Gasteiger partial charge in [-0.3, -0.25) is 24.0 Å². The minimum Gasteiger partial charge on any atom is -0.472 e. The van der Waals surface area contributed by atoms with E-state index in [0.717, 1.165) is 40.9 Å². The average Bonchev–Trinajstić information content (AvgIpc) is 3.50. The van der Waals surface area contributed by atoms with Crippen LogP contribution in [0.1, 0.15) is 65.7 Å². The molecule has 3 aliphatic rings. The maximum absolute atomic E-state index is 13.6. The number of rotatable bonds is 8. The Labute approximate surface area is 258 Å². The third kappa shape index (κ3) is 5.56. The number of carbonyl (C=O) groups is 6. The maximum Gasteiger partial charge on any atom is 0.341 e. The molecule has 1 N–H and O–H groups in total. The van der Waals surface area contributed by atoms with Crippen LogP contribution >= 0.6 is 0 Å². The van der Waals surface area contributed by atoms with Crippen LogP contribution in [0.5, 0.6) is 0 Å². The van der Waals surface area contributed by atoms with Gasteiger partial charge in [0.2, 0.25) is 0 Å². The Morgan fingerprint density at radius 2 is 1.31 bits per heavy atom. The Morgan fingerprint density at radius 1 is 0.778 bits per heavy atom. The summed E-state index contributed by atoms with van der Waals surface area (Å²) < 4.78 is 46.4. The summed E-state index contributed by atoms with van der Waals surface area (Å²) in [5, 5.41) is 12.3. The summed E-state index contributed by atoms with van der Waals surface area (Å²) in [6, 6.07) is 1.29. The van der Waals surface area contributed by atoms with E-state index in [1.165, 1.54) is 12.3 Å². The van der Waals surface area contributed by atoms with Crippen LogP contribution in [0.3, 0.4) is 0 Å². The number of hydrogen-bond donors (Lipinski definition) is 1. The van der Waals surface area contributed by atoms with Gasteiger partial charge in [-0.15, -0.1) is 0 Å². The lowest BCUT2D eigenvalue weighted by Gasteiger charge is -2.65. The molecule has 0 radical (unpaired) electrons. The zero-order valence-electron chi connectivity index (χ0n) is 26.2. The molecule has 248 valence electrons. The Balaban J connectivity index is 2.14. The first kappa shape index (κ1) is 33.9. The average molecular weight is 639 g/mol. The van der Waals surface area contributed by atoms with Crippen LogP contribution < -0.4 is 0 Å². The molecule has 0 unspecified atom stereocenters. The van der Waals surface area contributed by atoms with Gasteiger partial charge in [0.15, 0.2) is 18.3 Å². The van der Waals surface area contributed by atoms with Gasteiger partial charge in [0, 0.05) is 40.5 Å². The molecule has 1 spiro atoms. The van der Waals surface area contributed by atoms with E-state index in [1.807, 2.05) is 0 Å². The molecule has 15 nitrogen and oxygen atoms in total. The zero-order chi connectivity index (χ0) is 33.6. The van der Waals surface area contributed by atoms with Crippen LogP contribution in [-0.4, -0.2) is 95.4 Å². The highest BCUT2D eigenvalue weighted by Gasteiger charge is 2.86. The monoisotopic (exact) mass is 638 g/mol. The molecule has 45 heavy (non-hydrogen) atoms. The molecule has 1 saturated heterocycles. The molecule has 2 saturated carbocycles. The lowest BCUT2D eigenvalue weighted by atomic mass is 9.46. The number of carbonyl (C=O) groups excluding carboxylic acids is 6. The van der Waals surface area contributed by atoms with Crippen molar-refractivity contribution in [1.82, 2.24) is 0 Å². The van der Waals surface area contributed by atoms with Gasteiger partial charge in [0.05, 0.1) is 29.4 Å². The molecule has 2 aliphatic carbocycles. The van der Waals surface area contributed by atoms with Gasteiger partial charge >= 0.3 is 35.8 Å². The van der Waals surface area contributed by atoms with E-state index < -0.39 is 107 Å². The van der Waals surface area contributed by atoms with Crippen molar-refractivity contribution >= 4 is 35.8 Å².